The molecule has 0 amide bonds. The maximum absolute atomic E-state index is 10.3. The largest absolute Gasteiger partial charge is 0.386 e. The minimum absolute atomic E-state index is 0.693. The van der Waals surface area contributed by atoms with Crippen LogP contribution in [-0.2, 0) is 12.1 Å². The monoisotopic (exact) mass is 389 g/mol. The Labute approximate surface area is 166 Å². The molecule has 6 nitrogen and oxygen atoms in total. The molecular formula is C21H19N5OS. The minimum Gasteiger partial charge on any atom is -0.386 e. The Morgan fingerprint density at radius 1 is 1.07 bits per heavy atom. The van der Waals surface area contributed by atoms with Crippen molar-refractivity contribution in [3.8, 4) is 0 Å². The van der Waals surface area contributed by atoms with E-state index in [0.29, 0.717) is 6.54 Å². The van der Waals surface area contributed by atoms with E-state index >= 15 is 0 Å². The van der Waals surface area contributed by atoms with E-state index in [0.717, 1.165) is 43.6 Å². The standard InChI is InChI=1S/C21H19N5OS/c1-21(2,27)14-4-5-15-17(10-14)26(12-24-15)11-13-3-6-18-16(9-13)25-19-20(28-18)23-8-7-22-19/h3-10,12,27H,11H2,1-2H3,(H,22,25). The maximum atomic E-state index is 10.3. The molecule has 28 heavy (non-hydrogen) atoms. The van der Waals surface area contributed by atoms with Crippen molar-refractivity contribution in [1.29, 1.82) is 0 Å². The second-order valence-electron chi connectivity index (χ2n) is 7.40. The number of benzene rings is 2. The SMILES string of the molecule is CC(C)(O)c1ccc2ncn(Cc3ccc4c(c3)Nc3nccnc3S4)c2c1. The summed E-state index contributed by atoms with van der Waals surface area (Å²) in [5, 5.41) is 14.6. The molecular weight excluding hydrogens is 370 g/mol. The van der Waals surface area contributed by atoms with Gasteiger partial charge >= 0.3 is 0 Å². The van der Waals surface area contributed by atoms with Crippen LogP contribution >= 0.6 is 11.8 Å². The molecule has 0 unspecified atom stereocenters. The van der Waals surface area contributed by atoms with Crippen molar-refractivity contribution in [1.82, 2.24) is 19.5 Å². The van der Waals surface area contributed by atoms with Gasteiger partial charge < -0.3 is 15.0 Å². The van der Waals surface area contributed by atoms with Crippen molar-refractivity contribution < 1.29 is 5.11 Å². The summed E-state index contributed by atoms with van der Waals surface area (Å²) in [5.41, 5.74) is 4.12. The Morgan fingerprint density at radius 2 is 1.93 bits per heavy atom. The molecule has 140 valence electrons. The molecule has 0 bridgehead atoms. The average molecular weight is 389 g/mol. The number of rotatable bonds is 3. The van der Waals surface area contributed by atoms with Gasteiger partial charge in [-0.05, 0) is 49.2 Å². The number of imidazole rings is 1. The zero-order valence-electron chi connectivity index (χ0n) is 15.5. The molecule has 0 aliphatic carbocycles. The molecule has 0 saturated heterocycles. The van der Waals surface area contributed by atoms with E-state index in [-0.39, 0.29) is 0 Å². The van der Waals surface area contributed by atoms with Crippen LogP contribution < -0.4 is 5.32 Å². The summed E-state index contributed by atoms with van der Waals surface area (Å²) in [6.45, 7) is 4.28. The van der Waals surface area contributed by atoms with Crippen LogP contribution in [0.25, 0.3) is 11.0 Å². The highest BCUT2D eigenvalue weighted by molar-refractivity contribution is 7.99. The molecule has 2 N–H and O–H groups in total. The Balaban J connectivity index is 1.48. The summed E-state index contributed by atoms with van der Waals surface area (Å²) in [7, 11) is 0. The van der Waals surface area contributed by atoms with Crippen LogP contribution in [-0.4, -0.2) is 24.6 Å². The fraction of sp³-hybridized carbons (Fsp3) is 0.190. The number of hydrogen-bond donors (Lipinski definition) is 2. The lowest BCUT2D eigenvalue weighted by atomic mass is 9.98. The number of aromatic nitrogens is 4. The number of fused-ring (bicyclic) bond motifs is 3. The molecule has 1 aliphatic rings. The normalized spacial score (nSPS) is 13.1. The van der Waals surface area contributed by atoms with E-state index < -0.39 is 5.60 Å². The van der Waals surface area contributed by atoms with Crippen molar-refractivity contribution in [2.45, 2.75) is 35.9 Å². The summed E-state index contributed by atoms with van der Waals surface area (Å²) < 4.78 is 2.11. The van der Waals surface area contributed by atoms with Crippen molar-refractivity contribution >= 4 is 34.3 Å². The molecule has 2 aromatic heterocycles. The lowest BCUT2D eigenvalue weighted by molar-refractivity contribution is 0.0787. The van der Waals surface area contributed by atoms with Gasteiger partial charge in [-0.1, -0.05) is 23.9 Å². The lowest BCUT2D eigenvalue weighted by Gasteiger charge is -2.20. The Hall–Kier alpha value is -2.90. The fourth-order valence-electron chi connectivity index (χ4n) is 3.34. The second kappa shape index (κ2) is 6.32. The first-order valence-corrected chi connectivity index (χ1v) is 9.85. The van der Waals surface area contributed by atoms with Crippen molar-refractivity contribution in [2.24, 2.45) is 0 Å². The molecule has 7 heteroatoms. The molecule has 1 aliphatic heterocycles. The number of nitrogens with zero attached hydrogens (tertiary/aromatic N) is 4. The number of aliphatic hydroxyl groups is 1. The van der Waals surface area contributed by atoms with Crippen LogP contribution in [0.1, 0.15) is 25.0 Å². The molecule has 3 heterocycles. The predicted octanol–water partition coefficient (Wildman–Crippen LogP) is 4.31. The van der Waals surface area contributed by atoms with Gasteiger partial charge in [0.05, 0.1) is 28.6 Å². The van der Waals surface area contributed by atoms with Gasteiger partial charge in [0.15, 0.2) is 5.82 Å². The summed E-state index contributed by atoms with van der Waals surface area (Å²) >= 11 is 1.62. The van der Waals surface area contributed by atoms with Crippen LogP contribution in [0, 0.1) is 0 Å². The summed E-state index contributed by atoms with van der Waals surface area (Å²) in [6.07, 6.45) is 5.25. The fourth-order valence-corrected chi connectivity index (χ4v) is 4.22. The van der Waals surface area contributed by atoms with Gasteiger partial charge in [0.25, 0.3) is 0 Å². The lowest BCUT2D eigenvalue weighted by Crippen LogP contribution is -2.15. The van der Waals surface area contributed by atoms with E-state index in [1.54, 1.807) is 38.0 Å². The van der Waals surface area contributed by atoms with Crippen molar-refractivity contribution in [2.75, 3.05) is 5.32 Å². The highest BCUT2D eigenvalue weighted by Gasteiger charge is 2.19. The van der Waals surface area contributed by atoms with Crippen LogP contribution in [0.15, 0.2) is 65.0 Å². The summed E-state index contributed by atoms with van der Waals surface area (Å²) in [5.74, 6) is 0.792. The number of hydrogen-bond acceptors (Lipinski definition) is 6. The first-order chi connectivity index (χ1) is 13.5. The minimum atomic E-state index is -0.884. The first-order valence-electron chi connectivity index (χ1n) is 9.04. The quantitative estimate of drug-likeness (QED) is 0.479. The van der Waals surface area contributed by atoms with Crippen LogP contribution in [0.2, 0.25) is 0 Å². The zero-order valence-corrected chi connectivity index (χ0v) is 16.4. The molecule has 2 aromatic carbocycles. The zero-order chi connectivity index (χ0) is 19.3. The number of anilines is 2. The third-order valence-corrected chi connectivity index (χ3v) is 5.92. The molecule has 0 saturated carbocycles. The topological polar surface area (TPSA) is 75.9 Å². The van der Waals surface area contributed by atoms with Gasteiger partial charge in [-0.25, -0.2) is 15.0 Å². The molecule has 0 atom stereocenters. The average Bonchev–Trinajstić information content (AvgIpc) is 3.08. The van der Waals surface area contributed by atoms with Gasteiger partial charge in [-0.2, -0.15) is 0 Å². The van der Waals surface area contributed by atoms with Crippen LogP contribution in [0.3, 0.4) is 0 Å². The van der Waals surface area contributed by atoms with E-state index in [1.807, 2.05) is 24.5 Å². The molecule has 0 fully saturated rings. The molecule has 5 rings (SSSR count). The highest BCUT2D eigenvalue weighted by atomic mass is 32.2. The van der Waals surface area contributed by atoms with Gasteiger partial charge in [-0.15, -0.1) is 0 Å². The predicted molar refractivity (Wildman–Crippen MR) is 110 cm³/mol. The van der Waals surface area contributed by atoms with Crippen LogP contribution in [0.5, 0.6) is 0 Å². The van der Waals surface area contributed by atoms with E-state index in [9.17, 15) is 5.11 Å². The third-order valence-electron chi connectivity index (χ3n) is 4.85. The highest BCUT2D eigenvalue weighted by Crippen LogP contribution is 2.42. The van der Waals surface area contributed by atoms with Gasteiger partial charge in [0.2, 0.25) is 0 Å². The Bertz CT molecular complexity index is 1200. The summed E-state index contributed by atoms with van der Waals surface area (Å²) in [6, 6.07) is 12.3. The van der Waals surface area contributed by atoms with Crippen molar-refractivity contribution in [3.05, 3.63) is 66.2 Å². The third kappa shape index (κ3) is 3.02. The van der Waals surface area contributed by atoms with Crippen molar-refractivity contribution in [3.63, 3.8) is 0 Å². The van der Waals surface area contributed by atoms with E-state index in [2.05, 4.69) is 43.0 Å². The molecule has 0 radical (unpaired) electrons. The molecule has 4 aromatic rings. The van der Waals surface area contributed by atoms with Gasteiger partial charge in [0, 0.05) is 23.8 Å². The Kier molecular flexibility index (Phi) is 3.89. The summed E-state index contributed by atoms with van der Waals surface area (Å²) in [4.78, 5) is 14.4. The van der Waals surface area contributed by atoms with Crippen LogP contribution in [0.4, 0.5) is 11.5 Å². The second-order valence-corrected chi connectivity index (χ2v) is 8.43. The smallest absolute Gasteiger partial charge is 0.163 e. The van der Waals surface area contributed by atoms with Gasteiger partial charge in [0.1, 0.15) is 5.03 Å². The first kappa shape index (κ1) is 17.2. The van der Waals surface area contributed by atoms with E-state index in [4.69, 9.17) is 0 Å². The molecule has 0 spiro atoms. The van der Waals surface area contributed by atoms with Gasteiger partial charge in [-0.3, -0.25) is 0 Å². The maximum Gasteiger partial charge on any atom is 0.163 e. The number of nitrogens with one attached hydrogen (secondary N) is 1. The van der Waals surface area contributed by atoms with E-state index in [1.165, 1.54) is 0 Å². The Morgan fingerprint density at radius 3 is 2.79 bits per heavy atom.